The third-order valence-electron chi connectivity index (χ3n) is 3.87. The van der Waals surface area contributed by atoms with E-state index in [9.17, 15) is 8.42 Å². The van der Waals surface area contributed by atoms with Crippen molar-refractivity contribution in [1.82, 2.24) is 9.88 Å². The van der Waals surface area contributed by atoms with Gasteiger partial charge in [0, 0.05) is 16.8 Å². The first-order chi connectivity index (χ1) is 12.4. The molecular formula is C19H21N3O2S2. The number of nitrogens with one attached hydrogen (secondary N) is 1. The van der Waals surface area contributed by atoms with E-state index in [1.54, 1.807) is 42.1 Å². The number of nitrogens with zero attached hydrogens (tertiary/aromatic N) is 2. The van der Waals surface area contributed by atoms with Crippen molar-refractivity contribution in [3.63, 3.8) is 0 Å². The molecule has 0 aliphatic rings. The molecule has 0 amide bonds. The Bertz CT molecular complexity index is 1020. The van der Waals surface area contributed by atoms with Crippen LogP contribution in [0.4, 0.5) is 5.69 Å². The van der Waals surface area contributed by atoms with Crippen LogP contribution in [0.25, 0.3) is 10.9 Å². The maximum atomic E-state index is 12.8. The van der Waals surface area contributed by atoms with Crippen LogP contribution in [0.1, 0.15) is 5.69 Å². The fourth-order valence-corrected chi connectivity index (χ4v) is 4.12. The van der Waals surface area contributed by atoms with Crippen molar-refractivity contribution in [2.45, 2.75) is 16.3 Å². The van der Waals surface area contributed by atoms with E-state index in [1.165, 1.54) is 0 Å². The number of para-hydroxylation sites is 1. The highest BCUT2D eigenvalue weighted by atomic mass is 32.2. The maximum absolute atomic E-state index is 12.8. The minimum Gasteiger partial charge on any atom is -0.304 e. The Kier molecular flexibility index (Phi) is 5.50. The van der Waals surface area contributed by atoms with Gasteiger partial charge in [0.1, 0.15) is 0 Å². The van der Waals surface area contributed by atoms with E-state index < -0.39 is 10.0 Å². The summed E-state index contributed by atoms with van der Waals surface area (Å²) in [5.74, 6) is 0. The third-order valence-corrected chi connectivity index (χ3v) is 6.00. The number of pyridine rings is 1. The van der Waals surface area contributed by atoms with Gasteiger partial charge in [0.05, 0.1) is 21.8 Å². The van der Waals surface area contributed by atoms with Gasteiger partial charge in [-0.1, -0.05) is 18.2 Å². The average Bonchev–Trinajstić information content (AvgIpc) is 2.61. The quantitative estimate of drug-likeness (QED) is 0.652. The number of hydrogen-bond acceptors (Lipinski definition) is 5. The van der Waals surface area contributed by atoms with Crippen molar-refractivity contribution >= 4 is 38.4 Å². The van der Waals surface area contributed by atoms with Gasteiger partial charge in [-0.25, -0.2) is 13.4 Å². The molecule has 0 atom stereocenters. The van der Waals surface area contributed by atoms with Gasteiger partial charge >= 0.3 is 0 Å². The topological polar surface area (TPSA) is 62.3 Å². The second-order valence-corrected chi connectivity index (χ2v) is 8.76. The Labute approximate surface area is 158 Å². The normalized spacial score (nSPS) is 11.8. The largest absolute Gasteiger partial charge is 0.304 e. The lowest BCUT2D eigenvalue weighted by atomic mass is 10.2. The lowest BCUT2D eigenvalue weighted by Crippen LogP contribution is -2.14. The third kappa shape index (κ3) is 4.17. The Morgan fingerprint density at radius 3 is 2.42 bits per heavy atom. The molecule has 1 aromatic heterocycles. The zero-order chi connectivity index (χ0) is 18.7. The summed E-state index contributed by atoms with van der Waals surface area (Å²) in [6, 6.07) is 16.2. The molecule has 0 unspecified atom stereocenters. The summed E-state index contributed by atoms with van der Waals surface area (Å²) in [6.07, 6.45) is 1.95. The molecule has 1 N–H and O–H groups in total. The number of sulfonamides is 1. The first-order valence-corrected chi connectivity index (χ1v) is 10.8. The summed E-state index contributed by atoms with van der Waals surface area (Å²) in [7, 11) is 0.267. The smallest absolute Gasteiger partial charge is 0.261 e. The molecule has 0 aliphatic carbocycles. The number of anilines is 1. The molecule has 3 rings (SSSR count). The zero-order valence-electron chi connectivity index (χ0n) is 14.9. The van der Waals surface area contributed by atoms with Gasteiger partial charge in [0.25, 0.3) is 10.0 Å². The van der Waals surface area contributed by atoms with Crippen LogP contribution in [0.5, 0.6) is 0 Å². The number of fused-ring (bicyclic) bond motifs is 1. The van der Waals surface area contributed by atoms with Crippen molar-refractivity contribution in [2.75, 3.05) is 25.1 Å². The molecule has 5 nitrogen and oxygen atoms in total. The van der Waals surface area contributed by atoms with Crippen molar-refractivity contribution in [1.29, 1.82) is 0 Å². The van der Waals surface area contributed by atoms with Gasteiger partial charge in [-0.2, -0.15) is 0 Å². The Morgan fingerprint density at radius 2 is 1.77 bits per heavy atom. The van der Waals surface area contributed by atoms with Crippen molar-refractivity contribution in [3.05, 3.63) is 60.3 Å². The molecule has 0 bridgehead atoms. The monoisotopic (exact) mass is 387 g/mol. The molecule has 7 heteroatoms. The Morgan fingerprint density at radius 1 is 1.04 bits per heavy atom. The number of hydrogen-bond donors (Lipinski definition) is 1. The zero-order valence-corrected chi connectivity index (χ0v) is 16.6. The van der Waals surface area contributed by atoms with Gasteiger partial charge in [-0.3, -0.25) is 4.72 Å². The minimum absolute atomic E-state index is 0.233. The summed E-state index contributed by atoms with van der Waals surface area (Å²) >= 11 is 1.57. The molecule has 0 saturated carbocycles. The molecule has 1 heterocycles. The summed E-state index contributed by atoms with van der Waals surface area (Å²) in [5, 5.41) is 0.894. The van der Waals surface area contributed by atoms with Crippen LogP contribution in [-0.2, 0) is 16.6 Å². The number of thioether (sulfide) groups is 1. The van der Waals surface area contributed by atoms with Gasteiger partial charge in [0.2, 0.25) is 0 Å². The van der Waals surface area contributed by atoms with Gasteiger partial charge in [-0.15, -0.1) is 11.8 Å². The highest BCUT2D eigenvalue weighted by Crippen LogP contribution is 2.25. The molecule has 0 aliphatic heterocycles. The number of benzene rings is 2. The van der Waals surface area contributed by atoms with Gasteiger partial charge in [-0.05, 0) is 56.7 Å². The van der Waals surface area contributed by atoms with Crippen LogP contribution in [0.3, 0.4) is 0 Å². The SMILES string of the molecule is CSc1ccc(S(=O)(=O)Nc2cccc3ccc(CN(C)C)nc23)cc1. The molecule has 2 aromatic carbocycles. The van der Waals surface area contributed by atoms with E-state index in [0.717, 1.165) is 16.0 Å². The van der Waals surface area contributed by atoms with E-state index in [1.807, 2.05) is 49.5 Å². The van der Waals surface area contributed by atoms with Gasteiger partial charge < -0.3 is 4.90 Å². The van der Waals surface area contributed by atoms with Crippen LogP contribution in [0.2, 0.25) is 0 Å². The highest BCUT2D eigenvalue weighted by Gasteiger charge is 2.16. The Balaban J connectivity index is 1.98. The summed E-state index contributed by atoms with van der Waals surface area (Å²) < 4.78 is 28.2. The predicted octanol–water partition coefficient (Wildman–Crippen LogP) is 3.82. The molecular weight excluding hydrogens is 366 g/mol. The van der Waals surface area contributed by atoms with Crippen LogP contribution in [0.15, 0.2) is 64.4 Å². The van der Waals surface area contributed by atoms with E-state index in [4.69, 9.17) is 0 Å². The van der Waals surface area contributed by atoms with E-state index in [0.29, 0.717) is 17.7 Å². The second kappa shape index (κ2) is 7.65. The van der Waals surface area contributed by atoms with Crippen molar-refractivity contribution in [2.24, 2.45) is 0 Å². The molecule has 0 saturated heterocycles. The highest BCUT2D eigenvalue weighted by molar-refractivity contribution is 7.98. The maximum Gasteiger partial charge on any atom is 0.261 e. The summed E-state index contributed by atoms with van der Waals surface area (Å²) in [4.78, 5) is 7.92. The van der Waals surface area contributed by atoms with Crippen LogP contribution in [-0.4, -0.2) is 38.7 Å². The Hall–Kier alpha value is -2.09. The fourth-order valence-electron chi connectivity index (χ4n) is 2.64. The van der Waals surface area contributed by atoms with E-state index in [-0.39, 0.29) is 4.90 Å². The van der Waals surface area contributed by atoms with E-state index >= 15 is 0 Å². The van der Waals surface area contributed by atoms with Crippen molar-refractivity contribution in [3.8, 4) is 0 Å². The standard InChI is InChI=1S/C19H21N3O2S2/c1-22(2)13-15-8-7-14-5-4-6-18(19(14)20-15)21-26(23,24)17-11-9-16(25-3)10-12-17/h4-12,21H,13H2,1-3H3. The molecule has 3 aromatic rings. The van der Waals surface area contributed by atoms with Crippen LogP contribution in [0, 0.1) is 0 Å². The molecule has 0 fully saturated rings. The summed E-state index contributed by atoms with van der Waals surface area (Å²) in [5.41, 5.74) is 2.02. The van der Waals surface area contributed by atoms with E-state index in [2.05, 4.69) is 9.71 Å². The molecule has 136 valence electrons. The van der Waals surface area contributed by atoms with Gasteiger partial charge in [0.15, 0.2) is 0 Å². The number of aromatic nitrogens is 1. The number of rotatable bonds is 6. The molecule has 0 radical (unpaired) electrons. The molecule has 0 spiro atoms. The molecule has 26 heavy (non-hydrogen) atoms. The first-order valence-electron chi connectivity index (χ1n) is 8.09. The van der Waals surface area contributed by atoms with Crippen LogP contribution >= 0.6 is 11.8 Å². The fraction of sp³-hybridized carbons (Fsp3) is 0.211. The van der Waals surface area contributed by atoms with Crippen molar-refractivity contribution < 1.29 is 8.42 Å². The summed E-state index contributed by atoms with van der Waals surface area (Å²) in [6.45, 7) is 0.688. The minimum atomic E-state index is -3.68. The lowest BCUT2D eigenvalue weighted by molar-refractivity contribution is 0.397. The predicted molar refractivity (Wildman–Crippen MR) is 108 cm³/mol. The lowest BCUT2D eigenvalue weighted by Gasteiger charge is -2.13. The second-order valence-electron chi connectivity index (χ2n) is 6.20. The van der Waals surface area contributed by atoms with Crippen LogP contribution < -0.4 is 4.72 Å². The first kappa shape index (κ1) is 18.7. The average molecular weight is 388 g/mol.